The number of H-pyrrole nitrogens is 1. The summed E-state index contributed by atoms with van der Waals surface area (Å²) in [6.07, 6.45) is 1.41. The van der Waals surface area contributed by atoms with Crippen molar-refractivity contribution in [1.29, 1.82) is 0 Å². The molecule has 0 radical (unpaired) electrons. The molecule has 2 rings (SSSR count). The molecule has 112 valence electrons. The lowest BCUT2D eigenvalue weighted by Gasteiger charge is -2.26. The summed E-state index contributed by atoms with van der Waals surface area (Å²) in [4.78, 5) is 25.7. The molecule has 0 unspecified atom stereocenters. The van der Waals surface area contributed by atoms with Crippen LogP contribution in [0.4, 0.5) is 0 Å². The summed E-state index contributed by atoms with van der Waals surface area (Å²) in [6, 6.07) is 6.20. The molecule has 5 N–H and O–H groups in total. The van der Waals surface area contributed by atoms with Crippen LogP contribution < -0.4 is 5.73 Å². The number of carbonyl (C=O) groups is 2. The number of ketones is 1. The molecule has 0 amide bonds. The van der Waals surface area contributed by atoms with Crippen LogP contribution in [0.1, 0.15) is 18.9 Å². The summed E-state index contributed by atoms with van der Waals surface area (Å²) in [5.41, 5.74) is 5.31. The van der Waals surface area contributed by atoms with Crippen molar-refractivity contribution in [3.05, 3.63) is 36.0 Å². The van der Waals surface area contributed by atoms with Gasteiger partial charge in [0, 0.05) is 29.9 Å². The van der Waals surface area contributed by atoms with Gasteiger partial charge in [0.15, 0.2) is 5.78 Å². The predicted octanol–water partition coefficient (Wildman–Crippen LogP) is 0.832. The maximum absolute atomic E-state index is 11.8. The summed E-state index contributed by atoms with van der Waals surface area (Å²) in [6.45, 7) is 1.24. The van der Waals surface area contributed by atoms with Gasteiger partial charge in [-0.1, -0.05) is 18.2 Å². The van der Waals surface area contributed by atoms with E-state index in [-0.39, 0.29) is 12.8 Å². The van der Waals surface area contributed by atoms with Gasteiger partial charge in [-0.3, -0.25) is 9.59 Å². The lowest BCUT2D eigenvalue weighted by atomic mass is 9.85. The van der Waals surface area contributed by atoms with E-state index < -0.39 is 23.4 Å². The number of carboxylic acids is 1. The van der Waals surface area contributed by atoms with Gasteiger partial charge in [0.2, 0.25) is 0 Å². The van der Waals surface area contributed by atoms with Crippen LogP contribution in [-0.4, -0.2) is 38.6 Å². The number of aromatic nitrogens is 1. The van der Waals surface area contributed by atoms with Crippen molar-refractivity contribution in [1.82, 2.24) is 4.98 Å². The monoisotopic (exact) mass is 290 g/mol. The highest BCUT2D eigenvalue weighted by molar-refractivity contribution is 5.88. The molecule has 6 nitrogen and oxygen atoms in total. The van der Waals surface area contributed by atoms with Gasteiger partial charge in [0.1, 0.15) is 11.6 Å². The maximum Gasteiger partial charge on any atom is 0.320 e. The highest BCUT2D eigenvalue weighted by Crippen LogP contribution is 2.25. The number of fused-ring (bicyclic) bond motifs is 1. The third-order valence-corrected chi connectivity index (χ3v) is 3.69. The van der Waals surface area contributed by atoms with Crippen LogP contribution in [-0.2, 0) is 16.0 Å². The maximum atomic E-state index is 11.8. The van der Waals surface area contributed by atoms with Crippen molar-refractivity contribution >= 4 is 22.7 Å². The third-order valence-electron chi connectivity index (χ3n) is 3.69. The van der Waals surface area contributed by atoms with Crippen LogP contribution in [0, 0.1) is 0 Å². The number of benzene rings is 1. The smallest absolute Gasteiger partial charge is 0.320 e. The first-order valence-corrected chi connectivity index (χ1v) is 6.60. The third kappa shape index (κ3) is 3.12. The minimum atomic E-state index is -1.79. The van der Waals surface area contributed by atoms with Crippen LogP contribution in [0.5, 0.6) is 0 Å². The number of aromatic amines is 1. The van der Waals surface area contributed by atoms with E-state index in [0.29, 0.717) is 0 Å². The van der Waals surface area contributed by atoms with E-state index in [2.05, 4.69) is 4.98 Å². The zero-order valence-corrected chi connectivity index (χ0v) is 11.7. The number of nitrogens with two attached hydrogens (primary N) is 1. The zero-order chi connectivity index (χ0) is 15.6. The van der Waals surface area contributed by atoms with Crippen molar-refractivity contribution in [3.63, 3.8) is 0 Å². The quantitative estimate of drug-likeness (QED) is 0.629. The average molecular weight is 290 g/mol. The number of aliphatic hydroxyl groups is 1. The van der Waals surface area contributed by atoms with E-state index in [4.69, 9.17) is 10.8 Å². The van der Waals surface area contributed by atoms with Gasteiger partial charge >= 0.3 is 5.97 Å². The lowest BCUT2D eigenvalue weighted by molar-refractivity contribution is -0.143. The fourth-order valence-electron chi connectivity index (χ4n) is 2.38. The molecule has 6 heteroatoms. The number of hydrogen-bond donors (Lipinski definition) is 4. The first kappa shape index (κ1) is 15.2. The topological polar surface area (TPSA) is 116 Å². The minimum absolute atomic E-state index is 0.0212. The van der Waals surface area contributed by atoms with Crippen molar-refractivity contribution in [3.8, 4) is 0 Å². The Morgan fingerprint density at radius 1 is 1.38 bits per heavy atom. The molecule has 2 atom stereocenters. The number of carbonyl (C=O) groups excluding carboxylic acids is 1. The summed E-state index contributed by atoms with van der Waals surface area (Å²) < 4.78 is 0. The van der Waals surface area contributed by atoms with Gasteiger partial charge in [-0.25, -0.2) is 0 Å². The van der Waals surface area contributed by atoms with Crippen molar-refractivity contribution in [2.45, 2.75) is 31.4 Å². The number of rotatable bonds is 6. The Morgan fingerprint density at radius 2 is 2.05 bits per heavy atom. The Balaban J connectivity index is 2.31. The molecule has 0 fully saturated rings. The summed E-state index contributed by atoms with van der Waals surface area (Å²) in [5.74, 6) is -1.74. The standard InChI is InChI=1S/C15H18N2O4/c1-9(18)15(21,7-12(16)14(19)20)6-10-8-17-13-5-3-2-4-11(10)13/h2-5,8,12,17,21H,6-7,16H2,1H3,(H,19,20)/t12-,15+/m1/s1. The number of para-hydroxylation sites is 1. The molecule has 0 aliphatic carbocycles. The van der Waals surface area contributed by atoms with E-state index >= 15 is 0 Å². The molecule has 1 aromatic carbocycles. The molecule has 0 saturated carbocycles. The highest BCUT2D eigenvalue weighted by Gasteiger charge is 2.37. The van der Waals surface area contributed by atoms with E-state index in [9.17, 15) is 14.7 Å². The van der Waals surface area contributed by atoms with Crippen LogP contribution in [0.25, 0.3) is 10.9 Å². The Bertz CT molecular complexity index is 679. The fraction of sp³-hybridized carbons (Fsp3) is 0.333. The van der Waals surface area contributed by atoms with Crippen LogP contribution in [0.3, 0.4) is 0 Å². The van der Waals surface area contributed by atoms with Crippen LogP contribution >= 0.6 is 0 Å². The fourth-order valence-corrected chi connectivity index (χ4v) is 2.38. The van der Waals surface area contributed by atoms with Crippen LogP contribution in [0.15, 0.2) is 30.5 Å². The lowest BCUT2D eigenvalue weighted by Crippen LogP contribution is -2.47. The second-order valence-electron chi connectivity index (χ2n) is 5.27. The normalized spacial score (nSPS) is 15.6. The highest BCUT2D eigenvalue weighted by atomic mass is 16.4. The van der Waals surface area contributed by atoms with Crippen LogP contribution in [0.2, 0.25) is 0 Å². The molecule has 1 heterocycles. The van der Waals surface area contributed by atoms with Crippen molar-refractivity contribution < 1.29 is 19.8 Å². The second-order valence-corrected chi connectivity index (χ2v) is 5.27. The number of carboxylic acid groups (broad SMARTS) is 1. The van der Waals surface area contributed by atoms with Crippen molar-refractivity contribution in [2.75, 3.05) is 0 Å². The number of aliphatic carboxylic acids is 1. The molecular weight excluding hydrogens is 272 g/mol. The molecule has 1 aromatic heterocycles. The number of hydrogen-bond acceptors (Lipinski definition) is 4. The first-order valence-electron chi connectivity index (χ1n) is 6.60. The Kier molecular flexibility index (Phi) is 4.11. The molecule has 2 aromatic rings. The summed E-state index contributed by atoms with van der Waals surface area (Å²) in [5, 5.41) is 20.3. The molecule has 0 saturated heterocycles. The van der Waals surface area contributed by atoms with Gasteiger partial charge in [-0.05, 0) is 18.6 Å². The van der Waals surface area contributed by atoms with Gasteiger partial charge in [-0.15, -0.1) is 0 Å². The van der Waals surface area contributed by atoms with Gasteiger partial charge < -0.3 is 20.9 Å². The molecular formula is C15H18N2O4. The van der Waals surface area contributed by atoms with Gasteiger partial charge in [-0.2, -0.15) is 0 Å². The number of nitrogens with one attached hydrogen (secondary N) is 1. The molecule has 21 heavy (non-hydrogen) atoms. The van der Waals surface area contributed by atoms with Crippen molar-refractivity contribution in [2.24, 2.45) is 5.73 Å². The minimum Gasteiger partial charge on any atom is -0.480 e. The molecule has 0 bridgehead atoms. The molecule has 0 aliphatic rings. The van der Waals surface area contributed by atoms with Gasteiger partial charge in [0.05, 0.1) is 0 Å². The van der Waals surface area contributed by atoms with E-state index in [0.717, 1.165) is 16.5 Å². The van der Waals surface area contributed by atoms with Gasteiger partial charge in [0.25, 0.3) is 0 Å². The van der Waals surface area contributed by atoms with E-state index in [1.54, 1.807) is 6.20 Å². The Labute approximate surface area is 121 Å². The average Bonchev–Trinajstić information content (AvgIpc) is 2.81. The van der Waals surface area contributed by atoms with E-state index in [1.165, 1.54) is 6.92 Å². The SMILES string of the molecule is CC(=O)[C@](O)(Cc1c[nH]c2ccccc12)C[C@@H](N)C(=O)O. The second kappa shape index (κ2) is 5.67. The zero-order valence-electron chi connectivity index (χ0n) is 11.7. The molecule has 0 aliphatic heterocycles. The number of Topliss-reactive ketones (excluding diaryl/α,β-unsaturated/α-hetero) is 1. The Morgan fingerprint density at radius 3 is 2.67 bits per heavy atom. The largest absolute Gasteiger partial charge is 0.480 e. The summed E-state index contributed by atoms with van der Waals surface area (Å²) >= 11 is 0. The predicted molar refractivity (Wildman–Crippen MR) is 77.9 cm³/mol. The Hall–Kier alpha value is -2.18. The first-order chi connectivity index (χ1) is 9.83. The summed E-state index contributed by atoms with van der Waals surface area (Å²) in [7, 11) is 0. The molecule has 0 spiro atoms. The van der Waals surface area contributed by atoms with E-state index in [1.807, 2.05) is 24.3 Å².